The molecule has 0 aromatic heterocycles. The van der Waals surface area contributed by atoms with Gasteiger partial charge in [0.05, 0.1) is 25.2 Å². The largest absolute Gasteiger partial charge is 0.466 e. The lowest BCUT2D eigenvalue weighted by molar-refractivity contribution is -0.156. The van der Waals surface area contributed by atoms with E-state index in [0.29, 0.717) is 31.0 Å². The van der Waals surface area contributed by atoms with Gasteiger partial charge in [-0.3, -0.25) is 9.59 Å². The van der Waals surface area contributed by atoms with E-state index in [1.807, 2.05) is 0 Å². The summed E-state index contributed by atoms with van der Waals surface area (Å²) in [6.07, 6.45) is 37.0. The third-order valence-corrected chi connectivity index (χ3v) is 12.1. The fourth-order valence-electron chi connectivity index (χ4n) is 7.93. The Morgan fingerprint density at radius 1 is 0.623 bits per heavy atom. The zero-order valence-electron chi connectivity index (χ0n) is 36.3. The number of ether oxygens (including phenoxy) is 2. The van der Waals surface area contributed by atoms with Gasteiger partial charge in [-0.1, -0.05) is 149 Å². The number of aliphatic hydroxyl groups excluding tert-OH is 1. The van der Waals surface area contributed by atoms with Crippen molar-refractivity contribution in [1.29, 1.82) is 0 Å². The predicted molar refractivity (Wildman–Crippen MR) is 225 cm³/mol. The predicted octanol–water partition coefficient (Wildman–Crippen LogP) is 13.2. The monoisotopic (exact) mass is 750 g/mol. The first-order valence-corrected chi connectivity index (χ1v) is 23.4. The molecule has 1 fully saturated rings. The first-order chi connectivity index (χ1) is 25.7. The van der Waals surface area contributed by atoms with Gasteiger partial charge in [0.2, 0.25) is 0 Å². The highest BCUT2D eigenvalue weighted by Gasteiger charge is 2.41. The van der Waals surface area contributed by atoms with E-state index in [1.54, 1.807) is 0 Å². The highest BCUT2D eigenvalue weighted by Crippen LogP contribution is 2.52. The van der Waals surface area contributed by atoms with Crippen LogP contribution in [0.15, 0.2) is 0 Å². The SMILES string of the molecule is CCCCCCCCCC(=O)OCCC1(CCCCN(CCO)CCCCCCC(C)(C)C(=O)OCC(CCCCCCC)CCCCCCC)CC1. The van der Waals surface area contributed by atoms with Crippen molar-refractivity contribution in [2.24, 2.45) is 16.7 Å². The Balaban J connectivity index is 2.22. The molecule has 1 N–H and O–H groups in total. The molecule has 1 aliphatic carbocycles. The number of rotatable bonds is 40. The van der Waals surface area contributed by atoms with Gasteiger partial charge in [-0.05, 0) is 102 Å². The molecular weight excluding hydrogens is 659 g/mol. The van der Waals surface area contributed by atoms with Gasteiger partial charge in [-0.25, -0.2) is 0 Å². The van der Waals surface area contributed by atoms with E-state index in [4.69, 9.17) is 9.47 Å². The molecule has 0 atom stereocenters. The van der Waals surface area contributed by atoms with E-state index in [2.05, 4.69) is 39.5 Å². The molecule has 6 nitrogen and oxygen atoms in total. The van der Waals surface area contributed by atoms with Gasteiger partial charge in [0, 0.05) is 13.0 Å². The fraction of sp³-hybridized carbons (Fsp3) is 0.957. The highest BCUT2D eigenvalue weighted by atomic mass is 16.5. The van der Waals surface area contributed by atoms with Crippen molar-refractivity contribution in [2.75, 3.05) is 39.5 Å². The number of esters is 2. The molecule has 0 heterocycles. The van der Waals surface area contributed by atoms with Crippen molar-refractivity contribution in [1.82, 2.24) is 4.90 Å². The number of hydrogen-bond acceptors (Lipinski definition) is 6. The molecule has 0 radical (unpaired) electrons. The summed E-state index contributed by atoms with van der Waals surface area (Å²) >= 11 is 0. The lowest BCUT2D eigenvalue weighted by Gasteiger charge is -2.25. The summed E-state index contributed by atoms with van der Waals surface area (Å²) in [7, 11) is 0. The van der Waals surface area contributed by atoms with Crippen LogP contribution in [-0.4, -0.2) is 61.4 Å². The van der Waals surface area contributed by atoms with Crippen molar-refractivity contribution in [3.05, 3.63) is 0 Å². The minimum atomic E-state index is -0.427. The van der Waals surface area contributed by atoms with Gasteiger partial charge in [-0.15, -0.1) is 0 Å². The Kier molecular flexibility index (Phi) is 31.1. The van der Waals surface area contributed by atoms with E-state index >= 15 is 0 Å². The van der Waals surface area contributed by atoms with Crippen LogP contribution in [0.25, 0.3) is 0 Å². The first-order valence-electron chi connectivity index (χ1n) is 23.4. The Bertz CT molecular complexity index is 842. The molecule has 314 valence electrons. The summed E-state index contributed by atoms with van der Waals surface area (Å²) in [5.74, 6) is 0.489. The maximum atomic E-state index is 13.2. The van der Waals surface area contributed by atoms with Crippen molar-refractivity contribution in [3.63, 3.8) is 0 Å². The van der Waals surface area contributed by atoms with E-state index in [1.165, 1.54) is 135 Å². The van der Waals surface area contributed by atoms with Crippen LogP contribution in [-0.2, 0) is 19.1 Å². The number of unbranched alkanes of at least 4 members (excludes halogenated alkanes) is 18. The number of hydrogen-bond donors (Lipinski definition) is 1. The highest BCUT2D eigenvalue weighted by molar-refractivity contribution is 5.75. The third-order valence-electron chi connectivity index (χ3n) is 12.1. The maximum absolute atomic E-state index is 13.2. The van der Waals surface area contributed by atoms with Crippen molar-refractivity contribution >= 4 is 11.9 Å². The van der Waals surface area contributed by atoms with E-state index in [9.17, 15) is 14.7 Å². The molecule has 0 aliphatic heterocycles. The molecule has 0 bridgehead atoms. The Morgan fingerprint density at radius 3 is 1.70 bits per heavy atom. The van der Waals surface area contributed by atoms with Crippen LogP contribution in [0.3, 0.4) is 0 Å². The minimum Gasteiger partial charge on any atom is -0.466 e. The molecule has 6 heteroatoms. The Labute approximate surface area is 330 Å². The lowest BCUT2D eigenvalue weighted by Crippen LogP contribution is -2.29. The van der Waals surface area contributed by atoms with Gasteiger partial charge in [-0.2, -0.15) is 0 Å². The summed E-state index contributed by atoms with van der Waals surface area (Å²) in [5, 5.41) is 9.67. The molecular formula is C47H91NO5. The van der Waals surface area contributed by atoms with Crippen LogP contribution in [0, 0.1) is 16.7 Å². The summed E-state index contributed by atoms with van der Waals surface area (Å²) in [4.78, 5) is 27.8. The van der Waals surface area contributed by atoms with Crippen LogP contribution in [0.4, 0.5) is 0 Å². The maximum Gasteiger partial charge on any atom is 0.311 e. The summed E-state index contributed by atoms with van der Waals surface area (Å²) in [5.41, 5.74) is -0.0193. The Hall–Kier alpha value is -1.14. The molecule has 0 aromatic rings. The molecule has 0 saturated heterocycles. The van der Waals surface area contributed by atoms with Gasteiger partial charge < -0.3 is 19.5 Å². The normalized spacial score (nSPS) is 14.0. The smallest absolute Gasteiger partial charge is 0.311 e. The van der Waals surface area contributed by atoms with Crippen LogP contribution in [0.2, 0.25) is 0 Å². The standard InChI is InChI=1S/C47H91NO5/c1-6-9-12-15-16-19-24-31-44(50)52-41-36-47(34-35-47)33-26-28-38-48(39-40-49)37-27-21-20-25-32-46(4,5)45(51)53-42-43(29-22-17-13-10-7-2)30-23-18-14-11-8-3/h43,49H,6-42H2,1-5H3. The number of carbonyl (C=O) groups is 2. The second-order valence-electron chi connectivity index (χ2n) is 17.8. The van der Waals surface area contributed by atoms with Crippen LogP contribution in [0.1, 0.15) is 234 Å². The molecule has 0 spiro atoms. The lowest BCUT2D eigenvalue weighted by atomic mass is 9.86. The summed E-state index contributed by atoms with van der Waals surface area (Å²) in [6.45, 7) is 15.1. The first kappa shape index (κ1) is 49.9. The molecule has 1 aliphatic rings. The van der Waals surface area contributed by atoms with Gasteiger partial charge in [0.1, 0.15) is 0 Å². The van der Waals surface area contributed by atoms with Crippen molar-refractivity contribution < 1.29 is 24.2 Å². The molecule has 0 unspecified atom stereocenters. The zero-order chi connectivity index (χ0) is 38.9. The van der Waals surface area contributed by atoms with Gasteiger partial charge >= 0.3 is 11.9 Å². The van der Waals surface area contributed by atoms with Gasteiger partial charge in [0.15, 0.2) is 0 Å². The van der Waals surface area contributed by atoms with E-state index in [0.717, 1.165) is 77.4 Å². The second kappa shape index (κ2) is 33.0. The van der Waals surface area contributed by atoms with Gasteiger partial charge in [0.25, 0.3) is 0 Å². The quantitative estimate of drug-likeness (QED) is 0.0496. The van der Waals surface area contributed by atoms with E-state index < -0.39 is 5.41 Å². The summed E-state index contributed by atoms with van der Waals surface area (Å²) < 4.78 is 11.6. The number of aliphatic hydroxyl groups is 1. The molecule has 1 rings (SSSR count). The third kappa shape index (κ3) is 28.0. The van der Waals surface area contributed by atoms with Crippen molar-refractivity contribution in [3.8, 4) is 0 Å². The molecule has 0 aromatic carbocycles. The van der Waals surface area contributed by atoms with E-state index in [-0.39, 0.29) is 18.5 Å². The molecule has 0 amide bonds. The molecule has 1 saturated carbocycles. The number of nitrogens with zero attached hydrogens (tertiary/aromatic N) is 1. The number of carbonyl (C=O) groups excluding carboxylic acids is 2. The summed E-state index contributed by atoms with van der Waals surface area (Å²) in [6, 6.07) is 0. The average Bonchev–Trinajstić information content (AvgIpc) is 3.91. The van der Waals surface area contributed by atoms with Crippen LogP contribution >= 0.6 is 0 Å². The fourth-order valence-corrected chi connectivity index (χ4v) is 7.93. The Morgan fingerprint density at radius 2 is 1.13 bits per heavy atom. The topological polar surface area (TPSA) is 76.1 Å². The zero-order valence-corrected chi connectivity index (χ0v) is 36.3. The van der Waals surface area contributed by atoms with Crippen molar-refractivity contribution in [2.45, 2.75) is 234 Å². The van der Waals surface area contributed by atoms with Crippen LogP contribution < -0.4 is 0 Å². The van der Waals surface area contributed by atoms with Crippen LogP contribution in [0.5, 0.6) is 0 Å². The average molecular weight is 750 g/mol. The molecule has 53 heavy (non-hydrogen) atoms. The minimum absolute atomic E-state index is 0.00826. The second-order valence-corrected chi connectivity index (χ2v) is 17.8.